The SMILES string of the molecule is CCn1c(SCC(=O)N(C)[C@H]2CCS(=O)(=O)C2)nnc1-c1ccncc1. The Balaban J connectivity index is 1.66. The van der Waals surface area contributed by atoms with Crippen LogP contribution in [0, 0.1) is 0 Å². The second kappa shape index (κ2) is 7.75. The zero-order chi connectivity index (χ0) is 18.7. The average molecular weight is 396 g/mol. The molecule has 0 bridgehead atoms. The van der Waals surface area contributed by atoms with E-state index in [9.17, 15) is 13.2 Å². The van der Waals surface area contributed by atoms with Crippen molar-refractivity contribution in [2.24, 2.45) is 0 Å². The number of sulfone groups is 1. The molecule has 0 unspecified atom stereocenters. The summed E-state index contributed by atoms with van der Waals surface area (Å²) in [5.74, 6) is 1.04. The molecule has 0 N–H and O–H groups in total. The van der Waals surface area contributed by atoms with Gasteiger partial charge in [-0.15, -0.1) is 10.2 Å². The number of hydrogen-bond acceptors (Lipinski definition) is 7. The highest BCUT2D eigenvalue weighted by molar-refractivity contribution is 7.99. The highest BCUT2D eigenvalue weighted by Gasteiger charge is 2.32. The van der Waals surface area contributed by atoms with Gasteiger partial charge in [0.1, 0.15) is 0 Å². The van der Waals surface area contributed by atoms with Gasteiger partial charge >= 0.3 is 0 Å². The van der Waals surface area contributed by atoms with Gasteiger partial charge in [-0.3, -0.25) is 9.78 Å². The minimum absolute atomic E-state index is 0.0528. The van der Waals surface area contributed by atoms with E-state index in [4.69, 9.17) is 0 Å². The van der Waals surface area contributed by atoms with E-state index in [0.717, 1.165) is 11.4 Å². The lowest BCUT2D eigenvalue weighted by atomic mass is 10.2. The van der Waals surface area contributed by atoms with E-state index in [0.29, 0.717) is 18.1 Å². The van der Waals surface area contributed by atoms with Crippen molar-refractivity contribution in [2.45, 2.75) is 31.1 Å². The highest BCUT2D eigenvalue weighted by Crippen LogP contribution is 2.24. The van der Waals surface area contributed by atoms with Crippen LogP contribution in [0.2, 0.25) is 0 Å². The van der Waals surface area contributed by atoms with Crippen molar-refractivity contribution >= 4 is 27.5 Å². The molecule has 140 valence electrons. The Morgan fingerprint density at radius 1 is 1.35 bits per heavy atom. The van der Waals surface area contributed by atoms with Crippen LogP contribution in [0.25, 0.3) is 11.4 Å². The van der Waals surface area contributed by atoms with Crippen molar-refractivity contribution < 1.29 is 13.2 Å². The van der Waals surface area contributed by atoms with Crippen LogP contribution in [0.15, 0.2) is 29.7 Å². The summed E-state index contributed by atoms with van der Waals surface area (Å²) in [4.78, 5) is 18.0. The molecule has 1 saturated heterocycles. The van der Waals surface area contributed by atoms with Crippen LogP contribution in [-0.2, 0) is 21.2 Å². The number of rotatable bonds is 6. The lowest BCUT2D eigenvalue weighted by molar-refractivity contribution is -0.128. The van der Waals surface area contributed by atoms with Gasteiger partial charge in [0.25, 0.3) is 0 Å². The summed E-state index contributed by atoms with van der Waals surface area (Å²) < 4.78 is 25.1. The Morgan fingerprint density at radius 2 is 2.08 bits per heavy atom. The maximum atomic E-state index is 12.4. The first kappa shape index (κ1) is 18.8. The molecule has 3 heterocycles. The Hall–Kier alpha value is -1.94. The number of carbonyl (C=O) groups excluding carboxylic acids is 1. The monoisotopic (exact) mass is 395 g/mol. The van der Waals surface area contributed by atoms with E-state index in [-0.39, 0.29) is 29.2 Å². The zero-order valence-electron chi connectivity index (χ0n) is 14.7. The molecule has 1 aliphatic rings. The second-order valence-corrected chi connectivity index (χ2v) is 9.31. The molecule has 0 spiro atoms. The topological polar surface area (TPSA) is 98.1 Å². The number of amides is 1. The summed E-state index contributed by atoms with van der Waals surface area (Å²) in [6.07, 6.45) is 3.91. The summed E-state index contributed by atoms with van der Waals surface area (Å²) in [5, 5.41) is 9.11. The van der Waals surface area contributed by atoms with Gasteiger partial charge in [-0.1, -0.05) is 11.8 Å². The Bertz CT molecular complexity index is 883. The smallest absolute Gasteiger partial charge is 0.233 e. The molecule has 26 heavy (non-hydrogen) atoms. The third-order valence-corrected chi connectivity index (χ3v) is 7.15. The fourth-order valence-corrected chi connectivity index (χ4v) is 5.61. The molecule has 0 aromatic carbocycles. The Labute approximate surface area is 156 Å². The van der Waals surface area contributed by atoms with Gasteiger partial charge in [-0.2, -0.15) is 0 Å². The molecule has 1 aliphatic heterocycles. The number of pyridine rings is 1. The number of thioether (sulfide) groups is 1. The number of hydrogen-bond donors (Lipinski definition) is 0. The van der Waals surface area contributed by atoms with Gasteiger partial charge in [-0.25, -0.2) is 8.42 Å². The molecular formula is C16H21N5O3S2. The lowest BCUT2D eigenvalue weighted by Gasteiger charge is -2.23. The molecular weight excluding hydrogens is 374 g/mol. The molecule has 0 aliphatic carbocycles. The zero-order valence-corrected chi connectivity index (χ0v) is 16.3. The van der Waals surface area contributed by atoms with Crippen LogP contribution < -0.4 is 0 Å². The van der Waals surface area contributed by atoms with Gasteiger partial charge in [0, 0.05) is 37.6 Å². The highest BCUT2D eigenvalue weighted by atomic mass is 32.2. The van der Waals surface area contributed by atoms with E-state index < -0.39 is 9.84 Å². The van der Waals surface area contributed by atoms with Crippen LogP contribution in [0.5, 0.6) is 0 Å². The van der Waals surface area contributed by atoms with Crippen LogP contribution in [0.3, 0.4) is 0 Å². The normalized spacial score (nSPS) is 18.8. The first-order chi connectivity index (χ1) is 12.4. The van der Waals surface area contributed by atoms with Crippen LogP contribution in [-0.4, -0.2) is 69.3 Å². The van der Waals surface area contributed by atoms with Crippen LogP contribution in [0.1, 0.15) is 13.3 Å². The predicted molar refractivity (Wildman–Crippen MR) is 99.5 cm³/mol. The first-order valence-electron chi connectivity index (χ1n) is 8.33. The summed E-state index contributed by atoms with van der Waals surface area (Å²) in [7, 11) is -1.34. The molecule has 2 aromatic rings. The molecule has 1 amide bonds. The van der Waals surface area contributed by atoms with E-state index in [1.807, 2.05) is 23.6 Å². The minimum atomic E-state index is -3.01. The molecule has 3 rings (SSSR count). The van der Waals surface area contributed by atoms with Crippen molar-refractivity contribution in [3.8, 4) is 11.4 Å². The molecule has 8 nitrogen and oxygen atoms in total. The van der Waals surface area contributed by atoms with Crippen molar-refractivity contribution in [1.29, 1.82) is 0 Å². The summed E-state index contributed by atoms with van der Waals surface area (Å²) >= 11 is 1.32. The summed E-state index contributed by atoms with van der Waals surface area (Å²) in [6.45, 7) is 2.67. The van der Waals surface area contributed by atoms with Crippen LogP contribution >= 0.6 is 11.8 Å². The molecule has 0 radical (unpaired) electrons. The molecule has 0 saturated carbocycles. The maximum absolute atomic E-state index is 12.4. The van der Waals surface area contributed by atoms with Crippen molar-refractivity contribution in [3.05, 3.63) is 24.5 Å². The van der Waals surface area contributed by atoms with Gasteiger partial charge in [0.15, 0.2) is 20.8 Å². The number of aromatic nitrogens is 4. The molecule has 1 fully saturated rings. The third kappa shape index (κ3) is 4.07. The number of carbonyl (C=O) groups is 1. The fraction of sp³-hybridized carbons (Fsp3) is 0.500. The van der Waals surface area contributed by atoms with E-state index in [1.165, 1.54) is 11.8 Å². The van der Waals surface area contributed by atoms with Gasteiger partial charge in [-0.05, 0) is 25.5 Å². The van der Waals surface area contributed by atoms with Gasteiger partial charge in [0.05, 0.1) is 17.3 Å². The molecule has 1 atom stereocenters. The standard InChI is InChI=1S/C16H21N5O3S2/c1-3-21-15(12-4-7-17-8-5-12)18-19-16(21)25-10-14(22)20(2)13-6-9-26(23,24)11-13/h4-5,7-8,13H,3,6,9-11H2,1-2H3/t13-/m0/s1. The van der Waals surface area contributed by atoms with E-state index in [2.05, 4.69) is 15.2 Å². The van der Waals surface area contributed by atoms with E-state index >= 15 is 0 Å². The van der Waals surface area contributed by atoms with Gasteiger partial charge < -0.3 is 9.47 Å². The second-order valence-electron chi connectivity index (χ2n) is 6.14. The fourth-order valence-electron chi connectivity index (χ4n) is 2.91. The van der Waals surface area contributed by atoms with Crippen molar-refractivity contribution in [3.63, 3.8) is 0 Å². The average Bonchev–Trinajstić information content (AvgIpc) is 3.22. The minimum Gasteiger partial charge on any atom is -0.341 e. The maximum Gasteiger partial charge on any atom is 0.233 e. The Kier molecular flexibility index (Phi) is 5.61. The van der Waals surface area contributed by atoms with Crippen molar-refractivity contribution in [2.75, 3.05) is 24.3 Å². The first-order valence-corrected chi connectivity index (χ1v) is 11.1. The van der Waals surface area contributed by atoms with E-state index in [1.54, 1.807) is 24.3 Å². The predicted octanol–water partition coefficient (Wildman–Crippen LogP) is 1.10. The van der Waals surface area contributed by atoms with Gasteiger partial charge in [0.2, 0.25) is 5.91 Å². The molecule has 10 heteroatoms. The largest absolute Gasteiger partial charge is 0.341 e. The summed E-state index contributed by atoms with van der Waals surface area (Å²) in [5.41, 5.74) is 0.917. The third-order valence-electron chi connectivity index (χ3n) is 4.45. The lowest BCUT2D eigenvalue weighted by Crippen LogP contribution is -2.38. The van der Waals surface area contributed by atoms with Crippen molar-refractivity contribution in [1.82, 2.24) is 24.6 Å². The summed E-state index contributed by atoms with van der Waals surface area (Å²) in [6, 6.07) is 3.50. The molecule has 2 aromatic heterocycles. The van der Waals surface area contributed by atoms with Crippen LogP contribution in [0.4, 0.5) is 0 Å². The Morgan fingerprint density at radius 3 is 2.69 bits per heavy atom. The number of nitrogens with zero attached hydrogens (tertiary/aromatic N) is 5. The quantitative estimate of drug-likeness (QED) is 0.676.